The van der Waals surface area contributed by atoms with Gasteiger partial charge in [0.25, 0.3) is 0 Å². The molecule has 0 amide bonds. The van der Waals surface area contributed by atoms with E-state index in [0.717, 1.165) is 6.07 Å². The summed E-state index contributed by atoms with van der Waals surface area (Å²) in [6.45, 7) is -0.458. The zero-order valence-corrected chi connectivity index (χ0v) is 11.8. The van der Waals surface area contributed by atoms with Crippen molar-refractivity contribution in [1.82, 2.24) is 0 Å². The van der Waals surface area contributed by atoms with Crippen LogP contribution in [0.25, 0.3) is 0 Å². The number of hydrogen-bond acceptors (Lipinski definition) is 4. The number of hydrogen-bond donors (Lipinski definition) is 1. The number of nitrogen functional groups attached to an aromatic ring is 1. The number of carbonyl (C=O) groups excluding carboxylic acids is 1. The molecule has 0 saturated heterocycles. The molecule has 21 heavy (non-hydrogen) atoms. The lowest BCUT2D eigenvalue weighted by Gasteiger charge is -2.08. The quantitative estimate of drug-likeness (QED) is 0.680. The summed E-state index contributed by atoms with van der Waals surface area (Å²) in [6, 6.07) is 10.8. The standard InChI is InChI=1S/C15H13ClFNO3/c16-11-5-4-10(14(17)6-11)8-21-15(19)9-20-13-3-1-2-12(18)7-13/h1-7H,8-9,18H2. The zero-order chi connectivity index (χ0) is 15.2. The van der Waals surface area contributed by atoms with Crippen LogP contribution in [0.15, 0.2) is 42.5 Å². The molecule has 0 heterocycles. The van der Waals surface area contributed by atoms with Crippen molar-refractivity contribution in [3.8, 4) is 5.75 Å². The number of rotatable bonds is 5. The van der Waals surface area contributed by atoms with E-state index in [-0.39, 0.29) is 23.8 Å². The highest BCUT2D eigenvalue weighted by atomic mass is 35.5. The number of nitrogens with two attached hydrogens (primary N) is 1. The van der Waals surface area contributed by atoms with Crippen LogP contribution in [0.1, 0.15) is 5.56 Å². The minimum absolute atomic E-state index is 0.178. The fraction of sp³-hybridized carbons (Fsp3) is 0.133. The number of anilines is 1. The first-order chi connectivity index (χ1) is 10.0. The summed E-state index contributed by atoms with van der Waals surface area (Å²) in [5, 5.41) is 0.285. The van der Waals surface area contributed by atoms with Gasteiger partial charge >= 0.3 is 5.97 Å². The summed E-state index contributed by atoms with van der Waals surface area (Å²) in [5.74, 6) is -0.663. The molecule has 2 N–H and O–H groups in total. The van der Waals surface area contributed by atoms with Crippen LogP contribution < -0.4 is 10.5 Å². The Morgan fingerprint density at radius 3 is 2.76 bits per heavy atom. The molecule has 0 spiro atoms. The van der Waals surface area contributed by atoms with Crippen molar-refractivity contribution in [2.45, 2.75) is 6.61 Å². The normalized spacial score (nSPS) is 10.2. The van der Waals surface area contributed by atoms with E-state index in [0.29, 0.717) is 11.4 Å². The topological polar surface area (TPSA) is 61.5 Å². The Morgan fingerprint density at radius 1 is 1.24 bits per heavy atom. The molecular weight excluding hydrogens is 297 g/mol. The summed E-state index contributed by atoms with van der Waals surface area (Å²) in [6.07, 6.45) is 0. The Morgan fingerprint density at radius 2 is 2.05 bits per heavy atom. The molecule has 0 aliphatic carbocycles. The van der Waals surface area contributed by atoms with E-state index in [4.69, 9.17) is 26.8 Å². The van der Waals surface area contributed by atoms with Crippen molar-refractivity contribution in [2.75, 3.05) is 12.3 Å². The molecule has 110 valence electrons. The predicted molar refractivity (Wildman–Crippen MR) is 77.6 cm³/mol. The van der Waals surface area contributed by atoms with Gasteiger partial charge < -0.3 is 15.2 Å². The van der Waals surface area contributed by atoms with Crippen LogP contribution in [0.2, 0.25) is 5.02 Å². The number of halogens is 2. The average molecular weight is 310 g/mol. The van der Waals surface area contributed by atoms with Crippen molar-refractivity contribution in [1.29, 1.82) is 0 Å². The van der Waals surface area contributed by atoms with Crippen LogP contribution in [0.5, 0.6) is 5.75 Å². The van der Waals surface area contributed by atoms with Crippen LogP contribution in [-0.2, 0) is 16.1 Å². The molecule has 0 fully saturated rings. The molecule has 0 aromatic heterocycles. The minimum atomic E-state index is -0.605. The molecule has 0 unspecified atom stereocenters. The van der Waals surface area contributed by atoms with Gasteiger partial charge in [-0.25, -0.2) is 9.18 Å². The van der Waals surface area contributed by atoms with Crippen molar-refractivity contribution in [2.24, 2.45) is 0 Å². The second kappa shape index (κ2) is 6.95. The van der Waals surface area contributed by atoms with E-state index in [1.165, 1.54) is 12.1 Å². The smallest absolute Gasteiger partial charge is 0.344 e. The SMILES string of the molecule is Nc1cccc(OCC(=O)OCc2ccc(Cl)cc2F)c1. The van der Waals surface area contributed by atoms with Gasteiger partial charge in [-0.05, 0) is 24.3 Å². The lowest BCUT2D eigenvalue weighted by Crippen LogP contribution is -2.15. The van der Waals surface area contributed by atoms with Gasteiger partial charge in [0.2, 0.25) is 0 Å². The monoisotopic (exact) mass is 309 g/mol. The van der Waals surface area contributed by atoms with Crippen molar-refractivity contribution >= 4 is 23.3 Å². The maximum atomic E-state index is 13.5. The van der Waals surface area contributed by atoms with Crippen molar-refractivity contribution < 1.29 is 18.7 Å². The first-order valence-corrected chi connectivity index (χ1v) is 6.50. The van der Waals surface area contributed by atoms with Gasteiger partial charge in [-0.15, -0.1) is 0 Å². The molecule has 0 aliphatic heterocycles. The molecule has 0 aliphatic rings. The fourth-order valence-corrected chi connectivity index (χ4v) is 1.74. The van der Waals surface area contributed by atoms with Crippen LogP contribution >= 0.6 is 11.6 Å². The molecule has 0 atom stereocenters. The lowest BCUT2D eigenvalue weighted by molar-refractivity contribution is -0.147. The van der Waals surface area contributed by atoms with Gasteiger partial charge in [-0.2, -0.15) is 0 Å². The first kappa shape index (κ1) is 15.1. The Bertz CT molecular complexity index is 649. The number of ether oxygens (including phenoxy) is 2. The molecule has 0 radical (unpaired) electrons. The maximum Gasteiger partial charge on any atom is 0.344 e. The second-order valence-corrected chi connectivity index (χ2v) is 4.69. The molecule has 2 aromatic carbocycles. The summed E-state index contributed by atoms with van der Waals surface area (Å²) in [7, 11) is 0. The van der Waals surface area contributed by atoms with E-state index >= 15 is 0 Å². The molecule has 0 saturated carbocycles. The van der Waals surface area contributed by atoms with Gasteiger partial charge in [-0.1, -0.05) is 23.7 Å². The lowest BCUT2D eigenvalue weighted by atomic mass is 10.2. The molecule has 2 aromatic rings. The second-order valence-electron chi connectivity index (χ2n) is 4.26. The highest BCUT2D eigenvalue weighted by Gasteiger charge is 2.08. The van der Waals surface area contributed by atoms with Crippen LogP contribution in [0.3, 0.4) is 0 Å². The zero-order valence-electron chi connectivity index (χ0n) is 11.0. The third kappa shape index (κ3) is 4.65. The van der Waals surface area contributed by atoms with Crippen LogP contribution in [0, 0.1) is 5.82 Å². The van der Waals surface area contributed by atoms with Gasteiger partial charge in [-0.3, -0.25) is 0 Å². The van der Waals surface area contributed by atoms with Gasteiger partial charge in [0.1, 0.15) is 18.2 Å². The van der Waals surface area contributed by atoms with Gasteiger partial charge in [0.05, 0.1) is 0 Å². The number of esters is 1. The number of carbonyl (C=O) groups is 1. The van der Waals surface area contributed by atoms with Crippen molar-refractivity contribution in [3.05, 3.63) is 58.9 Å². The van der Waals surface area contributed by atoms with Crippen molar-refractivity contribution in [3.63, 3.8) is 0 Å². The van der Waals surface area contributed by atoms with E-state index in [2.05, 4.69) is 0 Å². The predicted octanol–water partition coefficient (Wildman–Crippen LogP) is 3.18. The van der Waals surface area contributed by atoms with E-state index in [9.17, 15) is 9.18 Å². The Kier molecular flexibility index (Phi) is 5.00. The maximum absolute atomic E-state index is 13.5. The molecule has 2 rings (SSSR count). The third-order valence-electron chi connectivity index (χ3n) is 2.62. The number of benzene rings is 2. The molecule has 6 heteroatoms. The van der Waals surface area contributed by atoms with Crippen LogP contribution in [0.4, 0.5) is 10.1 Å². The molecule has 4 nitrogen and oxygen atoms in total. The Labute approximate surface area is 126 Å². The largest absolute Gasteiger partial charge is 0.482 e. The van der Waals surface area contributed by atoms with Crippen LogP contribution in [-0.4, -0.2) is 12.6 Å². The Balaban J connectivity index is 1.82. The third-order valence-corrected chi connectivity index (χ3v) is 2.85. The summed E-state index contributed by atoms with van der Waals surface area (Å²) in [5.41, 5.74) is 6.36. The first-order valence-electron chi connectivity index (χ1n) is 6.12. The van der Waals surface area contributed by atoms with E-state index in [1.807, 2.05) is 0 Å². The molecule has 0 bridgehead atoms. The van der Waals surface area contributed by atoms with Gasteiger partial charge in [0, 0.05) is 22.3 Å². The minimum Gasteiger partial charge on any atom is -0.482 e. The summed E-state index contributed by atoms with van der Waals surface area (Å²) in [4.78, 5) is 11.5. The highest BCUT2D eigenvalue weighted by molar-refractivity contribution is 6.30. The Hall–Kier alpha value is -2.27. The van der Waals surface area contributed by atoms with E-state index in [1.54, 1.807) is 24.3 Å². The highest BCUT2D eigenvalue weighted by Crippen LogP contribution is 2.16. The van der Waals surface area contributed by atoms with E-state index < -0.39 is 11.8 Å². The summed E-state index contributed by atoms with van der Waals surface area (Å²) >= 11 is 5.63. The average Bonchev–Trinajstić information content (AvgIpc) is 2.44. The summed E-state index contributed by atoms with van der Waals surface area (Å²) < 4.78 is 23.6. The fourth-order valence-electron chi connectivity index (χ4n) is 1.59. The molecular formula is C15H13ClFNO3. The van der Waals surface area contributed by atoms with Gasteiger partial charge in [0.15, 0.2) is 6.61 Å².